The quantitative estimate of drug-likeness (QED) is 0.219. The Bertz CT molecular complexity index is 1640. The standard InChI is InChI=1S/C37H33BO2/c1-35(2)36(3,4)40-38(39-35)29-23-24-31-33(25-29)37(27-17-10-6-11-18-27,28-19-12-7-13-20-28)32-22-14-21-30(34(31)32)26-15-8-5-9-16-26/h5-25H,1-4H3. The summed E-state index contributed by atoms with van der Waals surface area (Å²) in [7, 11) is -0.433. The fraction of sp³-hybridized carbons (Fsp3) is 0.189. The third kappa shape index (κ3) is 3.58. The molecule has 0 atom stereocenters. The maximum atomic E-state index is 6.54. The monoisotopic (exact) mass is 520 g/mol. The van der Waals surface area contributed by atoms with E-state index in [1.807, 2.05) is 0 Å². The van der Waals surface area contributed by atoms with Crippen molar-refractivity contribution in [3.63, 3.8) is 0 Å². The first kappa shape index (κ1) is 25.1. The first-order chi connectivity index (χ1) is 19.3. The lowest BCUT2D eigenvalue weighted by molar-refractivity contribution is 0.00578. The van der Waals surface area contributed by atoms with Crippen molar-refractivity contribution in [1.82, 2.24) is 0 Å². The van der Waals surface area contributed by atoms with E-state index in [0.29, 0.717) is 0 Å². The maximum absolute atomic E-state index is 6.54. The zero-order valence-electron chi connectivity index (χ0n) is 23.5. The Kier molecular flexibility index (Phi) is 5.68. The van der Waals surface area contributed by atoms with Crippen LogP contribution in [0.5, 0.6) is 0 Å². The van der Waals surface area contributed by atoms with E-state index in [2.05, 4.69) is 155 Å². The van der Waals surface area contributed by atoms with E-state index in [9.17, 15) is 0 Å². The summed E-state index contributed by atoms with van der Waals surface area (Å²) in [6, 6.07) is 46.2. The summed E-state index contributed by atoms with van der Waals surface area (Å²) in [4.78, 5) is 0. The number of hydrogen-bond donors (Lipinski definition) is 0. The average molecular weight is 520 g/mol. The molecule has 5 aromatic carbocycles. The average Bonchev–Trinajstić information content (AvgIpc) is 3.40. The number of rotatable bonds is 4. The molecule has 2 nitrogen and oxygen atoms in total. The lowest BCUT2D eigenvalue weighted by Crippen LogP contribution is -2.41. The first-order valence-corrected chi connectivity index (χ1v) is 14.1. The smallest absolute Gasteiger partial charge is 0.399 e. The second-order valence-corrected chi connectivity index (χ2v) is 12.0. The third-order valence-electron chi connectivity index (χ3n) is 9.21. The Balaban J connectivity index is 1.56. The van der Waals surface area contributed by atoms with E-state index in [1.165, 1.54) is 44.5 Å². The van der Waals surface area contributed by atoms with Gasteiger partial charge in [0.05, 0.1) is 16.6 Å². The molecule has 0 unspecified atom stereocenters. The second-order valence-electron chi connectivity index (χ2n) is 12.0. The lowest BCUT2D eigenvalue weighted by Gasteiger charge is -2.34. The van der Waals surface area contributed by atoms with Crippen LogP contribution >= 0.6 is 0 Å². The molecule has 1 fully saturated rings. The number of hydrogen-bond acceptors (Lipinski definition) is 2. The first-order valence-electron chi connectivity index (χ1n) is 14.1. The predicted octanol–water partition coefficient (Wildman–Crippen LogP) is 8.02. The van der Waals surface area contributed by atoms with E-state index in [-0.39, 0.29) is 0 Å². The van der Waals surface area contributed by atoms with Crippen molar-refractivity contribution in [2.75, 3.05) is 0 Å². The van der Waals surface area contributed by atoms with Crippen LogP contribution in [-0.4, -0.2) is 18.3 Å². The van der Waals surface area contributed by atoms with Gasteiger partial charge in [0.2, 0.25) is 0 Å². The summed E-state index contributed by atoms with van der Waals surface area (Å²) in [5, 5.41) is 0. The highest BCUT2D eigenvalue weighted by Crippen LogP contribution is 2.58. The molecule has 0 bridgehead atoms. The summed E-state index contributed by atoms with van der Waals surface area (Å²) in [6.07, 6.45) is 0. The van der Waals surface area contributed by atoms with Crippen molar-refractivity contribution in [1.29, 1.82) is 0 Å². The minimum Gasteiger partial charge on any atom is -0.399 e. The van der Waals surface area contributed by atoms with Gasteiger partial charge in [-0.15, -0.1) is 0 Å². The van der Waals surface area contributed by atoms with Crippen LogP contribution in [0.25, 0.3) is 22.3 Å². The van der Waals surface area contributed by atoms with Gasteiger partial charge in [-0.1, -0.05) is 127 Å². The van der Waals surface area contributed by atoms with E-state index >= 15 is 0 Å². The van der Waals surface area contributed by atoms with Gasteiger partial charge in [-0.25, -0.2) is 0 Å². The van der Waals surface area contributed by atoms with Crippen LogP contribution in [0, 0.1) is 0 Å². The van der Waals surface area contributed by atoms with Crippen LogP contribution in [0.1, 0.15) is 49.9 Å². The molecule has 0 saturated carbocycles. The highest BCUT2D eigenvalue weighted by atomic mass is 16.7. The van der Waals surface area contributed by atoms with Crippen molar-refractivity contribution in [2.45, 2.75) is 44.3 Å². The van der Waals surface area contributed by atoms with Gasteiger partial charge in [0.15, 0.2) is 0 Å². The molecule has 5 aromatic rings. The fourth-order valence-electron chi connectivity index (χ4n) is 6.54. The summed E-state index contributed by atoms with van der Waals surface area (Å²) in [6.45, 7) is 8.45. The van der Waals surface area contributed by atoms with Crippen LogP contribution in [0.15, 0.2) is 127 Å². The molecule has 1 aliphatic carbocycles. The fourth-order valence-corrected chi connectivity index (χ4v) is 6.54. The molecule has 40 heavy (non-hydrogen) atoms. The molecule has 1 heterocycles. The van der Waals surface area contributed by atoms with Crippen molar-refractivity contribution in [3.8, 4) is 22.3 Å². The highest BCUT2D eigenvalue weighted by Gasteiger charge is 2.53. The van der Waals surface area contributed by atoms with Gasteiger partial charge in [0.25, 0.3) is 0 Å². The SMILES string of the molecule is CC1(C)OB(c2ccc3c(c2)C(c2ccccc2)(c2ccccc2)c2cccc(-c4ccccc4)c2-3)OC1(C)C. The molecule has 0 spiro atoms. The Morgan fingerprint density at radius 2 is 1.05 bits per heavy atom. The van der Waals surface area contributed by atoms with Crippen molar-refractivity contribution < 1.29 is 9.31 Å². The largest absolute Gasteiger partial charge is 0.494 e. The molecule has 196 valence electrons. The van der Waals surface area contributed by atoms with E-state index in [1.54, 1.807) is 0 Å². The summed E-state index contributed by atoms with van der Waals surface area (Å²) in [5.74, 6) is 0. The summed E-state index contributed by atoms with van der Waals surface area (Å²) >= 11 is 0. The van der Waals surface area contributed by atoms with Crippen molar-refractivity contribution in [3.05, 3.63) is 150 Å². The van der Waals surface area contributed by atoms with Crippen LogP contribution in [0.3, 0.4) is 0 Å². The van der Waals surface area contributed by atoms with Crippen LogP contribution < -0.4 is 5.46 Å². The highest BCUT2D eigenvalue weighted by molar-refractivity contribution is 6.62. The Morgan fingerprint density at radius 3 is 1.62 bits per heavy atom. The Labute approximate surface area is 237 Å². The molecule has 0 amide bonds. The van der Waals surface area contributed by atoms with Crippen molar-refractivity contribution in [2.24, 2.45) is 0 Å². The van der Waals surface area contributed by atoms with Gasteiger partial charge in [-0.2, -0.15) is 0 Å². The molecule has 3 heteroatoms. The van der Waals surface area contributed by atoms with Crippen LogP contribution in [0.2, 0.25) is 0 Å². The van der Waals surface area contributed by atoms with Gasteiger partial charge in [-0.05, 0) is 77.7 Å². The zero-order chi connectivity index (χ0) is 27.5. The van der Waals surface area contributed by atoms with Gasteiger partial charge in [0.1, 0.15) is 0 Å². The molecule has 0 aromatic heterocycles. The molecule has 1 saturated heterocycles. The minimum atomic E-state index is -0.488. The Hall–Kier alpha value is -3.92. The van der Waals surface area contributed by atoms with Crippen molar-refractivity contribution >= 4 is 12.6 Å². The minimum absolute atomic E-state index is 0.407. The van der Waals surface area contributed by atoms with E-state index < -0.39 is 23.7 Å². The normalized spacial score (nSPS) is 17.9. The predicted molar refractivity (Wildman–Crippen MR) is 165 cm³/mol. The molecular weight excluding hydrogens is 487 g/mol. The van der Waals surface area contributed by atoms with Gasteiger partial charge >= 0.3 is 7.12 Å². The van der Waals surface area contributed by atoms with Crippen LogP contribution in [-0.2, 0) is 14.7 Å². The zero-order valence-corrected chi connectivity index (χ0v) is 23.5. The topological polar surface area (TPSA) is 18.5 Å². The number of fused-ring (bicyclic) bond motifs is 3. The molecule has 7 rings (SSSR count). The summed E-state index contributed by atoms with van der Waals surface area (Å²) in [5.41, 5.74) is 9.80. The van der Waals surface area contributed by atoms with Gasteiger partial charge < -0.3 is 9.31 Å². The third-order valence-corrected chi connectivity index (χ3v) is 9.21. The second kappa shape index (κ2) is 9.06. The van der Waals surface area contributed by atoms with E-state index in [4.69, 9.17) is 9.31 Å². The van der Waals surface area contributed by atoms with E-state index in [0.717, 1.165) is 5.46 Å². The lowest BCUT2D eigenvalue weighted by atomic mass is 9.66. The number of benzene rings is 5. The molecule has 2 aliphatic rings. The Morgan fingerprint density at radius 1 is 0.500 bits per heavy atom. The van der Waals surface area contributed by atoms with Gasteiger partial charge in [-0.3, -0.25) is 0 Å². The molecular formula is C37H33BO2. The van der Waals surface area contributed by atoms with Gasteiger partial charge in [0, 0.05) is 0 Å². The van der Waals surface area contributed by atoms with Crippen LogP contribution in [0.4, 0.5) is 0 Å². The molecule has 0 radical (unpaired) electrons. The summed E-state index contributed by atoms with van der Waals surface area (Å²) < 4.78 is 13.1. The molecule has 1 aliphatic heterocycles. The molecule has 0 N–H and O–H groups in total. The maximum Gasteiger partial charge on any atom is 0.494 e.